The molecule has 0 aliphatic carbocycles. The molecule has 1 aromatic heterocycles. The van der Waals surface area contributed by atoms with Gasteiger partial charge in [0.15, 0.2) is 0 Å². The Balaban J connectivity index is 2.09. The van der Waals surface area contributed by atoms with Gasteiger partial charge >= 0.3 is 0 Å². The number of aromatic amines is 1. The van der Waals surface area contributed by atoms with Gasteiger partial charge in [0.25, 0.3) is 5.56 Å². The topological polar surface area (TPSA) is 59.0 Å². The van der Waals surface area contributed by atoms with Gasteiger partial charge in [-0.2, -0.15) is 0 Å². The molecule has 2 heterocycles. The van der Waals surface area contributed by atoms with Gasteiger partial charge in [0, 0.05) is 37.3 Å². The predicted octanol–water partition coefficient (Wildman–Crippen LogP) is -0.447. The van der Waals surface area contributed by atoms with Crippen molar-refractivity contribution in [2.45, 2.75) is 19.4 Å². The summed E-state index contributed by atoms with van der Waals surface area (Å²) in [7, 11) is 1.74. The van der Waals surface area contributed by atoms with Gasteiger partial charge in [-0.05, 0) is 6.92 Å². The molecule has 1 aromatic rings. The minimum absolute atomic E-state index is 0.0572. The molecule has 0 amide bonds. The Kier molecular flexibility index (Phi) is 2.93. The minimum Gasteiger partial charge on any atom is -0.379 e. The normalized spacial score (nSPS) is 21.9. The van der Waals surface area contributed by atoms with Crippen molar-refractivity contribution in [3.8, 4) is 0 Å². The molecule has 1 atom stereocenters. The van der Waals surface area contributed by atoms with Crippen LogP contribution in [0.1, 0.15) is 11.3 Å². The molecule has 1 fully saturated rings. The van der Waals surface area contributed by atoms with Crippen LogP contribution >= 0.6 is 0 Å². The first-order valence-corrected chi connectivity index (χ1v) is 5.24. The predicted molar refractivity (Wildman–Crippen MR) is 57.1 cm³/mol. The van der Waals surface area contributed by atoms with Gasteiger partial charge in [-0.3, -0.25) is 14.6 Å². The highest BCUT2D eigenvalue weighted by Gasteiger charge is 2.17. The second kappa shape index (κ2) is 4.20. The number of rotatable bonds is 2. The van der Waals surface area contributed by atoms with E-state index in [1.807, 2.05) is 6.92 Å². The molecule has 1 aliphatic heterocycles. The average Bonchev–Trinajstić information content (AvgIpc) is 2.48. The van der Waals surface area contributed by atoms with Crippen molar-refractivity contribution in [2.24, 2.45) is 7.05 Å². The number of nitrogens with zero attached hydrogens (tertiary/aromatic N) is 1. The Bertz CT molecular complexity index is 388. The van der Waals surface area contributed by atoms with Gasteiger partial charge in [0.05, 0.1) is 13.2 Å². The standard InChI is InChI=1S/C10H17N3O2/c1-7-9(12-13(2)10(7)14)5-8-6-15-4-3-11-8/h8,11-12H,3-6H2,1-2H3. The number of aryl methyl sites for hydroxylation is 1. The number of hydrogen-bond donors (Lipinski definition) is 2. The molecular formula is C10H17N3O2. The van der Waals surface area contributed by atoms with Gasteiger partial charge in [-0.25, -0.2) is 0 Å². The monoisotopic (exact) mass is 211 g/mol. The van der Waals surface area contributed by atoms with E-state index < -0.39 is 0 Å². The van der Waals surface area contributed by atoms with E-state index in [2.05, 4.69) is 10.4 Å². The Hall–Kier alpha value is -1.07. The number of hydrogen-bond acceptors (Lipinski definition) is 3. The third-order valence-corrected chi connectivity index (χ3v) is 2.83. The van der Waals surface area contributed by atoms with Crippen molar-refractivity contribution in [1.29, 1.82) is 0 Å². The van der Waals surface area contributed by atoms with Crippen LogP contribution in [0, 0.1) is 6.92 Å². The molecule has 0 radical (unpaired) electrons. The third-order valence-electron chi connectivity index (χ3n) is 2.83. The Morgan fingerprint density at radius 1 is 1.60 bits per heavy atom. The summed E-state index contributed by atoms with van der Waals surface area (Å²) in [5.41, 5.74) is 1.87. The van der Waals surface area contributed by atoms with Crippen molar-refractivity contribution in [1.82, 2.24) is 15.1 Å². The highest BCUT2D eigenvalue weighted by molar-refractivity contribution is 5.16. The van der Waals surface area contributed by atoms with Crippen LogP contribution in [0.15, 0.2) is 4.79 Å². The van der Waals surface area contributed by atoms with E-state index in [0.717, 1.165) is 37.4 Å². The Morgan fingerprint density at radius 3 is 2.93 bits per heavy atom. The summed E-state index contributed by atoms with van der Waals surface area (Å²) in [6, 6.07) is 0.315. The molecule has 2 N–H and O–H groups in total. The zero-order chi connectivity index (χ0) is 10.8. The average molecular weight is 211 g/mol. The minimum atomic E-state index is 0.0572. The maximum Gasteiger partial charge on any atom is 0.269 e. The van der Waals surface area contributed by atoms with Crippen molar-refractivity contribution < 1.29 is 4.74 Å². The smallest absolute Gasteiger partial charge is 0.269 e. The van der Waals surface area contributed by atoms with Crippen LogP contribution in [-0.4, -0.2) is 35.6 Å². The molecule has 84 valence electrons. The molecule has 5 nitrogen and oxygen atoms in total. The first kappa shape index (κ1) is 10.4. The van der Waals surface area contributed by atoms with Gasteiger partial charge < -0.3 is 10.1 Å². The fraction of sp³-hybridized carbons (Fsp3) is 0.700. The number of ether oxygens (including phenoxy) is 1. The fourth-order valence-electron chi connectivity index (χ4n) is 1.91. The van der Waals surface area contributed by atoms with Crippen LogP contribution in [0.3, 0.4) is 0 Å². The van der Waals surface area contributed by atoms with E-state index in [1.54, 1.807) is 7.05 Å². The van der Waals surface area contributed by atoms with E-state index >= 15 is 0 Å². The lowest BCUT2D eigenvalue weighted by Crippen LogP contribution is -2.42. The van der Waals surface area contributed by atoms with Crippen LogP contribution in [0.2, 0.25) is 0 Å². The zero-order valence-electron chi connectivity index (χ0n) is 9.17. The third kappa shape index (κ3) is 2.13. The summed E-state index contributed by atoms with van der Waals surface area (Å²) < 4.78 is 6.89. The van der Waals surface area contributed by atoms with Crippen LogP contribution in [-0.2, 0) is 18.2 Å². The Labute approximate surface area is 88.4 Å². The quantitative estimate of drug-likeness (QED) is 0.697. The van der Waals surface area contributed by atoms with Crippen LogP contribution in [0.4, 0.5) is 0 Å². The maximum atomic E-state index is 11.5. The summed E-state index contributed by atoms with van der Waals surface area (Å²) in [6.45, 7) is 4.25. The van der Waals surface area contributed by atoms with E-state index in [1.165, 1.54) is 4.68 Å². The fourth-order valence-corrected chi connectivity index (χ4v) is 1.91. The van der Waals surface area contributed by atoms with E-state index in [4.69, 9.17) is 4.74 Å². The number of aromatic nitrogens is 2. The lowest BCUT2D eigenvalue weighted by molar-refractivity contribution is 0.0766. The molecule has 1 aliphatic rings. The zero-order valence-corrected chi connectivity index (χ0v) is 9.17. The first-order valence-electron chi connectivity index (χ1n) is 5.24. The summed E-state index contributed by atoms with van der Waals surface area (Å²) in [5, 5.41) is 6.44. The molecule has 5 heteroatoms. The van der Waals surface area contributed by atoms with Gasteiger partial charge in [0.1, 0.15) is 0 Å². The van der Waals surface area contributed by atoms with Crippen molar-refractivity contribution >= 4 is 0 Å². The molecule has 1 unspecified atom stereocenters. The van der Waals surface area contributed by atoms with Crippen LogP contribution < -0.4 is 10.9 Å². The summed E-state index contributed by atoms with van der Waals surface area (Å²) in [4.78, 5) is 11.5. The highest BCUT2D eigenvalue weighted by atomic mass is 16.5. The molecule has 0 aromatic carbocycles. The molecule has 0 spiro atoms. The lowest BCUT2D eigenvalue weighted by Gasteiger charge is -2.23. The maximum absolute atomic E-state index is 11.5. The van der Waals surface area contributed by atoms with Crippen molar-refractivity contribution in [2.75, 3.05) is 19.8 Å². The first-order chi connectivity index (χ1) is 7.18. The summed E-state index contributed by atoms with van der Waals surface area (Å²) >= 11 is 0. The highest BCUT2D eigenvalue weighted by Crippen LogP contribution is 2.05. The Morgan fingerprint density at radius 2 is 2.40 bits per heavy atom. The summed E-state index contributed by atoms with van der Waals surface area (Å²) in [5.74, 6) is 0. The summed E-state index contributed by atoms with van der Waals surface area (Å²) in [6.07, 6.45) is 0.821. The van der Waals surface area contributed by atoms with Crippen molar-refractivity contribution in [3.63, 3.8) is 0 Å². The molecular weight excluding hydrogens is 194 g/mol. The van der Waals surface area contributed by atoms with Crippen molar-refractivity contribution in [3.05, 3.63) is 21.6 Å². The molecule has 1 saturated heterocycles. The molecule has 15 heavy (non-hydrogen) atoms. The number of morpholine rings is 1. The number of nitrogens with one attached hydrogen (secondary N) is 2. The van der Waals surface area contributed by atoms with Crippen LogP contribution in [0.25, 0.3) is 0 Å². The second-order valence-corrected chi connectivity index (χ2v) is 4.01. The SMILES string of the molecule is Cc1c(CC2COCCN2)[nH]n(C)c1=O. The largest absolute Gasteiger partial charge is 0.379 e. The van der Waals surface area contributed by atoms with Gasteiger partial charge in [-0.15, -0.1) is 0 Å². The van der Waals surface area contributed by atoms with Gasteiger partial charge in [-0.1, -0.05) is 0 Å². The second-order valence-electron chi connectivity index (χ2n) is 4.01. The molecule has 0 bridgehead atoms. The number of H-pyrrole nitrogens is 1. The lowest BCUT2D eigenvalue weighted by atomic mass is 10.1. The van der Waals surface area contributed by atoms with Crippen LogP contribution in [0.5, 0.6) is 0 Å². The molecule has 0 saturated carbocycles. The van der Waals surface area contributed by atoms with E-state index in [-0.39, 0.29) is 5.56 Å². The van der Waals surface area contributed by atoms with Gasteiger partial charge in [0.2, 0.25) is 0 Å². The van der Waals surface area contributed by atoms with E-state index in [0.29, 0.717) is 6.04 Å². The van der Waals surface area contributed by atoms with E-state index in [9.17, 15) is 4.79 Å². The molecule has 2 rings (SSSR count).